The molecule has 5 heteroatoms. The first-order valence-electron chi connectivity index (χ1n) is 9.94. The van der Waals surface area contributed by atoms with Gasteiger partial charge in [0.2, 0.25) is 0 Å². The molecule has 2 saturated heterocycles. The van der Waals surface area contributed by atoms with Gasteiger partial charge in [-0.1, -0.05) is 12.1 Å². The average Bonchev–Trinajstić information content (AvgIpc) is 2.65. The number of halogens is 1. The highest BCUT2D eigenvalue weighted by Gasteiger charge is 2.44. The van der Waals surface area contributed by atoms with Crippen molar-refractivity contribution in [3.05, 3.63) is 35.6 Å². The molecule has 26 heavy (non-hydrogen) atoms. The number of aliphatic hydroxyl groups excluding tert-OH is 1. The van der Waals surface area contributed by atoms with E-state index in [-0.39, 0.29) is 5.82 Å². The summed E-state index contributed by atoms with van der Waals surface area (Å²) in [4.78, 5) is 5.00. The third-order valence-electron chi connectivity index (χ3n) is 6.46. The number of rotatable bonds is 7. The zero-order valence-electron chi connectivity index (χ0n) is 16.0. The van der Waals surface area contributed by atoms with Crippen molar-refractivity contribution in [2.45, 2.75) is 32.2 Å². The molecule has 2 heterocycles. The van der Waals surface area contributed by atoms with E-state index >= 15 is 0 Å². The van der Waals surface area contributed by atoms with E-state index < -0.39 is 0 Å². The normalized spacial score (nSPS) is 24.2. The molecule has 1 spiro atoms. The molecule has 1 unspecified atom stereocenters. The molecule has 1 aromatic rings. The highest BCUT2D eigenvalue weighted by Crippen LogP contribution is 2.45. The van der Waals surface area contributed by atoms with Crippen molar-refractivity contribution in [2.75, 3.05) is 51.3 Å². The predicted molar refractivity (Wildman–Crippen MR) is 108 cm³/mol. The van der Waals surface area contributed by atoms with Crippen LogP contribution in [0.4, 0.5) is 4.39 Å². The monoisotopic (exact) mass is 380 g/mol. The molecular weight excluding hydrogens is 347 g/mol. The fourth-order valence-electron chi connectivity index (χ4n) is 4.78. The van der Waals surface area contributed by atoms with Gasteiger partial charge in [-0.2, -0.15) is 11.8 Å². The maximum absolute atomic E-state index is 13.4. The van der Waals surface area contributed by atoms with Gasteiger partial charge in [-0.05, 0) is 87.0 Å². The molecule has 0 saturated carbocycles. The van der Waals surface area contributed by atoms with Crippen LogP contribution < -0.4 is 0 Å². The molecule has 146 valence electrons. The summed E-state index contributed by atoms with van der Waals surface area (Å²) in [5, 5.41) is 10.0. The minimum absolute atomic E-state index is 0.148. The summed E-state index contributed by atoms with van der Waals surface area (Å²) >= 11 is 1.91. The number of thioether (sulfide) groups is 1. The van der Waals surface area contributed by atoms with Gasteiger partial charge < -0.3 is 10.0 Å². The molecule has 1 atom stereocenters. The zero-order chi connectivity index (χ0) is 18.4. The molecule has 0 bridgehead atoms. The van der Waals surface area contributed by atoms with Gasteiger partial charge in [0, 0.05) is 25.6 Å². The fraction of sp³-hybridized carbons (Fsp3) is 0.714. The quantitative estimate of drug-likeness (QED) is 0.733. The number of hydrogen-bond acceptors (Lipinski definition) is 4. The molecule has 0 amide bonds. The second kappa shape index (κ2) is 9.54. The molecule has 0 aromatic heterocycles. The lowest BCUT2D eigenvalue weighted by Gasteiger charge is -2.51. The topological polar surface area (TPSA) is 26.7 Å². The summed E-state index contributed by atoms with van der Waals surface area (Å²) in [6.45, 7) is 6.64. The van der Waals surface area contributed by atoms with Crippen LogP contribution in [0.15, 0.2) is 24.3 Å². The zero-order valence-corrected chi connectivity index (χ0v) is 16.8. The molecule has 3 rings (SSSR count). The molecule has 2 fully saturated rings. The Bertz CT molecular complexity index is 563. The van der Waals surface area contributed by atoms with Crippen LogP contribution in [-0.4, -0.2) is 66.2 Å². The third kappa shape index (κ3) is 5.00. The Morgan fingerprint density at radius 2 is 1.92 bits per heavy atom. The predicted octanol–water partition coefficient (Wildman–Crippen LogP) is 3.48. The van der Waals surface area contributed by atoms with Crippen molar-refractivity contribution >= 4 is 11.8 Å². The van der Waals surface area contributed by atoms with E-state index in [4.69, 9.17) is 0 Å². The van der Waals surface area contributed by atoms with Crippen molar-refractivity contribution in [3.8, 4) is 0 Å². The summed E-state index contributed by atoms with van der Waals surface area (Å²) in [7, 11) is 0. The standard InChI is InChI=1S/C21H33FN2OS/c1-26-13-3-9-23-10-6-21(19(16-23)17-25)7-11-24(12-8-21)15-18-4-2-5-20(22)14-18/h2,4-5,14,19,25H,3,6-13,15-17H2,1H3. The van der Waals surface area contributed by atoms with Crippen LogP contribution in [0.25, 0.3) is 0 Å². The van der Waals surface area contributed by atoms with Gasteiger partial charge in [0.15, 0.2) is 0 Å². The van der Waals surface area contributed by atoms with Crippen LogP contribution in [0.3, 0.4) is 0 Å². The Morgan fingerprint density at radius 1 is 1.19 bits per heavy atom. The van der Waals surface area contributed by atoms with Crippen molar-refractivity contribution in [2.24, 2.45) is 11.3 Å². The van der Waals surface area contributed by atoms with Gasteiger partial charge >= 0.3 is 0 Å². The largest absolute Gasteiger partial charge is 0.396 e. The highest BCUT2D eigenvalue weighted by molar-refractivity contribution is 7.98. The first kappa shape index (κ1) is 20.1. The number of likely N-dealkylation sites (tertiary alicyclic amines) is 2. The highest BCUT2D eigenvalue weighted by atomic mass is 32.2. The first-order valence-corrected chi connectivity index (χ1v) is 11.3. The van der Waals surface area contributed by atoms with Crippen LogP contribution in [0, 0.1) is 17.2 Å². The smallest absolute Gasteiger partial charge is 0.123 e. The molecule has 2 aliphatic heterocycles. The molecule has 0 radical (unpaired) electrons. The van der Waals surface area contributed by atoms with E-state index in [1.165, 1.54) is 37.8 Å². The lowest BCUT2D eigenvalue weighted by Crippen LogP contribution is -2.53. The molecule has 2 aliphatic rings. The lowest BCUT2D eigenvalue weighted by atomic mass is 9.64. The Kier molecular flexibility index (Phi) is 7.38. The van der Waals surface area contributed by atoms with Crippen LogP contribution in [-0.2, 0) is 6.54 Å². The van der Waals surface area contributed by atoms with E-state index in [2.05, 4.69) is 16.1 Å². The van der Waals surface area contributed by atoms with E-state index in [1.807, 2.05) is 17.8 Å². The Hall–Kier alpha value is -0.620. The first-order chi connectivity index (χ1) is 12.6. The molecule has 3 nitrogen and oxygen atoms in total. The van der Waals surface area contributed by atoms with Crippen molar-refractivity contribution in [1.29, 1.82) is 0 Å². The number of hydrogen-bond donors (Lipinski definition) is 1. The molecule has 0 aliphatic carbocycles. The van der Waals surface area contributed by atoms with E-state index in [0.717, 1.165) is 44.6 Å². The van der Waals surface area contributed by atoms with Gasteiger partial charge in [-0.25, -0.2) is 4.39 Å². The van der Waals surface area contributed by atoms with E-state index in [1.54, 1.807) is 12.1 Å². The Morgan fingerprint density at radius 3 is 2.58 bits per heavy atom. The summed E-state index contributed by atoms with van der Waals surface area (Å²) < 4.78 is 13.4. The van der Waals surface area contributed by atoms with E-state index in [9.17, 15) is 9.50 Å². The third-order valence-corrected chi connectivity index (χ3v) is 7.16. The summed E-state index contributed by atoms with van der Waals surface area (Å²) in [6.07, 6.45) is 6.94. The van der Waals surface area contributed by atoms with E-state index in [0.29, 0.717) is 17.9 Å². The Labute approximate surface area is 161 Å². The molecular formula is C21H33FN2OS. The minimum Gasteiger partial charge on any atom is -0.396 e. The number of nitrogens with zero attached hydrogens (tertiary/aromatic N) is 2. The Balaban J connectivity index is 1.52. The van der Waals surface area contributed by atoms with Gasteiger partial charge in [0.05, 0.1) is 0 Å². The molecule has 1 N–H and O–H groups in total. The van der Waals surface area contributed by atoms with Crippen molar-refractivity contribution in [1.82, 2.24) is 9.80 Å². The lowest BCUT2D eigenvalue weighted by molar-refractivity contribution is -0.0427. The fourth-order valence-corrected chi connectivity index (χ4v) is 5.19. The second-order valence-corrected chi connectivity index (χ2v) is 9.03. The van der Waals surface area contributed by atoms with Crippen LogP contribution in [0.1, 0.15) is 31.2 Å². The maximum atomic E-state index is 13.4. The second-order valence-electron chi connectivity index (χ2n) is 8.04. The minimum atomic E-state index is -0.148. The van der Waals surface area contributed by atoms with Crippen LogP contribution in [0.5, 0.6) is 0 Å². The summed E-state index contributed by atoms with van der Waals surface area (Å²) in [6, 6.07) is 6.96. The van der Waals surface area contributed by atoms with Gasteiger partial charge in [-0.3, -0.25) is 4.90 Å². The maximum Gasteiger partial charge on any atom is 0.123 e. The summed E-state index contributed by atoms with van der Waals surface area (Å²) in [5.74, 6) is 1.48. The van der Waals surface area contributed by atoms with Crippen molar-refractivity contribution in [3.63, 3.8) is 0 Å². The van der Waals surface area contributed by atoms with Crippen LogP contribution in [0.2, 0.25) is 0 Å². The average molecular weight is 381 g/mol. The summed E-state index contributed by atoms with van der Waals surface area (Å²) in [5.41, 5.74) is 1.37. The van der Waals surface area contributed by atoms with Crippen LogP contribution >= 0.6 is 11.8 Å². The van der Waals surface area contributed by atoms with Gasteiger partial charge in [0.1, 0.15) is 5.82 Å². The number of piperidine rings is 2. The number of aliphatic hydroxyl groups is 1. The van der Waals surface area contributed by atoms with Crippen molar-refractivity contribution < 1.29 is 9.50 Å². The SMILES string of the molecule is CSCCCN1CCC2(CCN(Cc3cccc(F)c3)CC2)C(CO)C1. The van der Waals surface area contributed by atoms with Gasteiger partial charge in [0.25, 0.3) is 0 Å². The number of benzene rings is 1. The molecule has 1 aromatic carbocycles. The van der Waals surface area contributed by atoms with Gasteiger partial charge in [-0.15, -0.1) is 0 Å².